The molecule has 0 aromatic carbocycles. The molecule has 3 nitrogen and oxygen atoms in total. The highest BCUT2D eigenvalue weighted by atomic mass is 16.4. The van der Waals surface area contributed by atoms with Crippen molar-refractivity contribution in [3.63, 3.8) is 0 Å². The van der Waals surface area contributed by atoms with Crippen molar-refractivity contribution in [3.8, 4) is 0 Å². The molecule has 1 unspecified atom stereocenters. The van der Waals surface area contributed by atoms with Gasteiger partial charge in [0.1, 0.15) is 0 Å². The first kappa shape index (κ1) is 14.8. The fourth-order valence-electron chi connectivity index (χ4n) is 4.15. The Labute approximate surface area is 117 Å². The van der Waals surface area contributed by atoms with E-state index in [2.05, 4.69) is 18.7 Å². The fourth-order valence-corrected chi connectivity index (χ4v) is 4.15. The minimum atomic E-state index is -0.640. The molecule has 2 rings (SSSR count). The Morgan fingerprint density at radius 1 is 1.21 bits per heavy atom. The van der Waals surface area contributed by atoms with Gasteiger partial charge in [0.15, 0.2) is 0 Å². The quantitative estimate of drug-likeness (QED) is 0.802. The molecule has 0 amide bonds. The van der Waals surface area contributed by atoms with Crippen molar-refractivity contribution in [2.75, 3.05) is 19.6 Å². The van der Waals surface area contributed by atoms with Crippen molar-refractivity contribution >= 4 is 5.97 Å². The van der Waals surface area contributed by atoms with Gasteiger partial charge >= 0.3 is 5.97 Å². The maximum Gasteiger partial charge on any atom is 0.303 e. The second kappa shape index (κ2) is 6.25. The zero-order chi connectivity index (χ0) is 13.9. The molecular formula is C16H29NO2. The van der Waals surface area contributed by atoms with Crippen LogP contribution in [0, 0.1) is 17.3 Å². The topological polar surface area (TPSA) is 40.5 Å². The summed E-state index contributed by atoms with van der Waals surface area (Å²) in [7, 11) is 0. The molecular weight excluding hydrogens is 238 g/mol. The maximum atomic E-state index is 11.0. The van der Waals surface area contributed by atoms with Crippen LogP contribution in [0.5, 0.6) is 0 Å². The average molecular weight is 267 g/mol. The fraction of sp³-hybridized carbons (Fsp3) is 0.938. The summed E-state index contributed by atoms with van der Waals surface area (Å²) in [6, 6.07) is 0. The first-order chi connectivity index (χ1) is 8.99. The number of likely N-dealkylation sites (tertiary alicyclic amines) is 1. The SMILES string of the molecule is CC(C)CC(CC(=O)O)CN1CC2(CCCCC2)C1. The standard InChI is InChI=1S/C16H29NO2/c1-13(2)8-14(9-15(18)19)10-17-11-16(12-17)6-4-3-5-7-16/h13-14H,3-12H2,1-2H3,(H,18,19). The number of carboxylic acid groups (broad SMARTS) is 1. The Kier molecular flexibility index (Phi) is 4.88. The summed E-state index contributed by atoms with van der Waals surface area (Å²) in [6.07, 6.45) is 8.39. The van der Waals surface area contributed by atoms with Gasteiger partial charge in [0.25, 0.3) is 0 Å². The Morgan fingerprint density at radius 3 is 2.37 bits per heavy atom. The normalized spacial score (nSPS) is 24.4. The first-order valence-electron chi connectivity index (χ1n) is 7.93. The lowest BCUT2D eigenvalue weighted by Crippen LogP contribution is -2.58. The first-order valence-corrected chi connectivity index (χ1v) is 7.93. The minimum Gasteiger partial charge on any atom is -0.481 e. The van der Waals surface area contributed by atoms with Crippen molar-refractivity contribution < 1.29 is 9.90 Å². The minimum absolute atomic E-state index is 0.332. The van der Waals surface area contributed by atoms with Crippen molar-refractivity contribution in [1.82, 2.24) is 4.90 Å². The predicted molar refractivity (Wildman–Crippen MR) is 77.2 cm³/mol. The molecule has 1 N–H and O–H groups in total. The van der Waals surface area contributed by atoms with Crippen LogP contribution in [0.3, 0.4) is 0 Å². The molecule has 0 aromatic rings. The summed E-state index contributed by atoms with van der Waals surface area (Å²) in [6.45, 7) is 7.82. The lowest BCUT2D eigenvalue weighted by Gasteiger charge is -2.53. The summed E-state index contributed by atoms with van der Waals surface area (Å²) in [5.74, 6) is 0.284. The number of rotatable bonds is 6. The third kappa shape index (κ3) is 4.20. The Hall–Kier alpha value is -0.570. The summed E-state index contributed by atoms with van der Waals surface area (Å²) in [5, 5.41) is 9.02. The molecule has 19 heavy (non-hydrogen) atoms. The van der Waals surface area contributed by atoms with Crippen LogP contribution in [0.4, 0.5) is 0 Å². The van der Waals surface area contributed by atoms with Crippen molar-refractivity contribution in [2.45, 2.75) is 58.8 Å². The molecule has 1 saturated carbocycles. The van der Waals surface area contributed by atoms with E-state index < -0.39 is 5.97 Å². The number of aliphatic carboxylic acids is 1. The second-order valence-electron chi connectivity index (χ2n) is 7.32. The van der Waals surface area contributed by atoms with Gasteiger partial charge < -0.3 is 10.0 Å². The summed E-state index contributed by atoms with van der Waals surface area (Å²) >= 11 is 0. The smallest absolute Gasteiger partial charge is 0.303 e. The molecule has 0 aromatic heterocycles. The third-order valence-electron chi connectivity index (χ3n) is 4.82. The highest BCUT2D eigenvalue weighted by molar-refractivity contribution is 5.67. The van der Waals surface area contributed by atoms with E-state index in [1.54, 1.807) is 0 Å². The molecule has 1 heterocycles. The Morgan fingerprint density at radius 2 is 1.84 bits per heavy atom. The van der Waals surface area contributed by atoms with Gasteiger partial charge in [-0.2, -0.15) is 0 Å². The summed E-state index contributed by atoms with van der Waals surface area (Å²) in [5.41, 5.74) is 0.615. The van der Waals surface area contributed by atoms with E-state index in [-0.39, 0.29) is 0 Å². The van der Waals surface area contributed by atoms with Gasteiger partial charge in [0.2, 0.25) is 0 Å². The largest absolute Gasteiger partial charge is 0.481 e. The molecule has 1 atom stereocenters. The highest BCUT2D eigenvalue weighted by Gasteiger charge is 2.43. The zero-order valence-electron chi connectivity index (χ0n) is 12.5. The van der Waals surface area contributed by atoms with Crippen LogP contribution in [-0.4, -0.2) is 35.6 Å². The summed E-state index contributed by atoms with van der Waals surface area (Å²) < 4.78 is 0. The molecule has 2 fully saturated rings. The van der Waals surface area contributed by atoms with Crippen LogP contribution in [0.25, 0.3) is 0 Å². The van der Waals surface area contributed by atoms with Crippen molar-refractivity contribution in [2.24, 2.45) is 17.3 Å². The van der Waals surface area contributed by atoms with Gasteiger partial charge in [0.05, 0.1) is 0 Å². The van der Waals surface area contributed by atoms with E-state index in [0.717, 1.165) is 13.0 Å². The van der Waals surface area contributed by atoms with Crippen molar-refractivity contribution in [3.05, 3.63) is 0 Å². The van der Waals surface area contributed by atoms with E-state index >= 15 is 0 Å². The van der Waals surface area contributed by atoms with Crippen LogP contribution in [0.2, 0.25) is 0 Å². The van der Waals surface area contributed by atoms with Crippen LogP contribution >= 0.6 is 0 Å². The van der Waals surface area contributed by atoms with Crippen LogP contribution < -0.4 is 0 Å². The second-order valence-corrected chi connectivity index (χ2v) is 7.32. The zero-order valence-corrected chi connectivity index (χ0v) is 12.5. The predicted octanol–water partition coefficient (Wildman–Crippen LogP) is 3.39. The number of hydrogen-bond acceptors (Lipinski definition) is 2. The number of carboxylic acids is 1. The molecule has 3 heteroatoms. The molecule has 2 aliphatic rings. The van der Waals surface area contributed by atoms with E-state index in [4.69, 9.17) is 5.11 Å². The van der Waals surface area contributed by atoms with Crippen LogP contribution in [-0.2, 0) is 4.79 Å². The van der Waals surface area contributed by atoms with Gasteiger partial charge in [0, 0.05) is 26.1 Å². The lowest BCUT2D eigenvalue weighted by atomic mass is 9.68. The lowest BCUT2D eigenvalue weighted by molar-refractivity contribution is -0.138. The summed E-state index contributed by atoms with van der Waals surface area (Å²) in [4.78, 5) is 13.5. The molecule has 110 valence electrons. The van der Waals surface area contributed by atoms with Gasteiger partial charge in [-0.25, -0.2) is 0 Å². The van der Waals surface area contributed by atoms with Gasteiger partial charge in [-0.3, -0.25) is 4.79 Å². The van der Waals surface area contributed by atoms with Gasteiger partial charge in [-0.1, -0.05) is 33.1 Å². The number of nitrogens with zero attached hydrogens (tertiary/aromatic N) is 1. The van der Waals surface area contributed by atoms with E-state index in [1.807, 2.05) is 0 Å². The van der Waals surface area contributed by atoms with E-state index in [9.17, 15) is 4.79 Å². The molecule has 1 saturated heterocycles. The Bertz CT molecular complexity index is 300. The van der Waals surface area contributed by atoms with E-state index in [1.165, 1.54) is 45.2 Å². The van der Waals surface area contributed by atoms with Crippen molar-refractivity contribution in [1.29, 1.82) is 0 Å². The number of hydrogen-bond donors (Lipinski definition) is 1. The molecule has 0 bridgehead atoms. The average Bonchev–Trinajstić information content (AvgIpc) is 2.26. The molecule has 0 radical (unpaired) electrons. The van der Waals surface area contributed by atoms with Gasteiger partial charge in [-0.05, 0) is 36.5 Å². The highest BCUT2D eigenvalue weighted by Crippen LogP contribution is 2.44. The Balaban J connectivity index is 1.77. The third-order valence-corrected chi connectivity index (χ3v) is 4.82. The van der Waals surface area contributed by atoms with Crippen LogP contribution in [0.1, 0.15) is 58.8 Å². The molecule has 1 spiro atoms. The van der Waals surface area contributed by atoms with E-state index in [0.29, 0.717) is 23.7 Å². The van der Waals surface area contributed by atoms with Crippen LogP contribution in [0.15, 0.2) is 0 Å². The monoisotopic (exact) mass is 267 g/mol. The van der Waals surface area contributed by atoms with Gasteiger partial charge in [-0.15, -0.1) is 0 Å². The number of carbonyl (C=O) groups is 1. The molecule has 1 aliphatic carbocycles. The maximum absolute atomic E-state index is 11.0. The molecule has 1 aliphatic heterocycles.